The molecule has 1 amide bonds. The Morgan fingerprint density at radius 3 is 2.78 bits per heavy atom. The lowest BCUT2D eigenvalue weighted by Crippen LogP contribution is -2.32. The van der Waals surface area contributed by atoms with E-state index in [1.54, 1.807) is 11.4 Å². The van der Waals surface area contributed by atoms with Crippen molar-refractivity contribution in [2.75, 3.05) is 0 Å². The van der Waals surface area contributed by atoms with Crippen molar-refractivity contribution in [3.05, 3.63) is 28.0 Å². The number of hydrogen-bond donors (Lipinski definition) is 2. The molecule has 96 valence electrons. The van der Waals surface area contributed by atoms with Gasteiger partial charge in [-0.25, -0.2) is 4.79 Å². The van der Waals surface area contributed by atoms with Crippen LogP contribution in [0.25, 0.3) is 6.08 Å². The van der Waals surface area contributed by atoms with Crippen LogP contribution < -0.4 is 5.32 Å². The molecule has 1 aliphatic carbocycles. The summed E-state index contributed by atoms with van der Waals surface area (Å²) in [6.07, 6.45) is 6.92. The molecule has 0 atom stereocenters. The third-order valence-electron chi connectivity index (χ3n) is 3.00. The van der Waals surface area contributed by atoms with Crippen LogP contribution in [0.5, 0.6) is 0 Å². The fraction of sp³-hybridized carbons (Fsp3) is 0.385. The minimum atomic E-state index is -1.01. The number of rotatable bonds is 4. The van der Waals surface area contributed by atoms with E-state index in [0.717, 1.165) is 18.9 Å². The van der Waals surface area contributed by atoms with Crippen LogP contribution in [0, 0.1) is 0 Å². The molecule has 0 aliphatic heterocycles. The van der Waals surface area contributed by atoms with E-state index in [9.17, 15) is 9.59 Å². The van der Waals surface area contributed by atoms with E-state index < -0.39 is 5.97 Å². The lowest BCUT2D eigenvalue weighted by molar-refractivity contribution is -0.131. The van der Waals surface area contributed by atoms with E-state index in [4.69, 9.17) is 5.11 Å². The van der Waals surface area contributed by atoms with Crippen LogP contribution in [0.2, 0.25) is 0 Å². The number of nitrogens with one attached hydrogen (secondary N) is 1. The highest BCUT2D eigenvalue weighted by Gasteiger charge is 2.19. The quantitative estimate of drug-likeness (QED) is 0.822. The van der Waals surface area contributed by atoms with E-state index in [-0.39, 0.29) is 11.9 Å². The van der Waals surface area contributed by atoms with Gasteiger partial charge >= 0.3 is 5.97 Å². The molecule has 1 heterocycles. The maximum Gasteiger partial charge on any atom is 0.328 e. The summed E-state index contributed by atoms with van der Waals surface area (Å²) >= 11 is 1.34. The third kappa shape index (κ3) is 3.20. The molecule has 2 rings (SSSR count). The maximum atomic E-state index is 12.0. The van der Waals surface area contributed by atoms with Gasteiger partial charge in [0.15, 0.2) is 0 Å². The lowest BCUT2D eigenvalue weighted by atomic mass is 10.2. The Bertz CT molecular complexity index is 472. The van der Waals surface area contributed by atoms with Gasteiger partial charge in [-0.05, 0) is 35.9 Å². The Hall–Kier alpha value is -1.62. The summed E-state index contributed by atoms with van der Waals surface area (Å²) in [6, 6.07) is 2.03. The molecular formula is C13H15NO3S. The number of hydrogen-bond acceptors (Lipinski definition) is 3. The molecule has 0 aromatic carbocycles. The molecule has 2 N–H and O–H groups in total. The summed E-state index contributed by atoms with van der Waals surface area (Å²) in [5, 5.41) is 13.4. The average molecular weight is 265 g/mol. The van der Waals surface area contributed by atoms with Crippen LogP contribution >= 0.6 is 11.3 Å². The molecular weight excluding hydrogens is 250 g/mol. The summed E-state index contributed by atoms with van der Waals surface area (Å²) in [5.74, 6) is -1.11. The minimum Gasteiger partial charge on any atom is -0.478 e. The first kappa shape index (κ1) is 12.8. The molecule has 1 aromatic heterocycles. The fourth-order valence-electron chi connectivity index (χ4n) is 2.12. The Morgan fingerprint density at radius 2 is 2.11 bits per heavy atom. The van der Waals surface area contributed by atoms with Crippen molar-refractivity contribution in [1.82, 2.24) is 5.32 Å². The molecule has 0 radical (unpaired) electrons. The van der Waals surface area contributed by atoms with E-state index >= 15 is 0 Å². The van der Waals surface area contributed by atoms with E-state index in [1.807, 2.05) is 0 Å². The van der Waals surface area contributed by atoms with Gasteiger partial charge in [0.1, 0.15) is 0 Å². The highest BCUT2D eigenvalue weighted by atomic mass is 32.1. The second-order valence-corrected chi connectivity index (χ2v) is 5.25. The minimum absolute atomic E-state index is 0.0954. The normalized spacial score (nSPS) is 16.2. The fourth-order valence-corrected chi connectivity index (χ4v) is 2.91. The smallest absolute Gasteiger partial charge is 0.328 e. The molecule has 0 saturated heterocycles. The predicted molar refractivity (Wildman–Crippen MR) is 70.7 cm³/mol. The van der Waals surface area contributed by atoms with Gasteiger partial charge in [-0.1, -0.05) is 12.8 Å². The van der Waals surface area contributed by atoms with Crippen molar-refractivity contribution in [2.45, 2.75) is 31.7 Å². The molecule has 0 unspecified atom stereocenters. The van der Waals surface area contributed by atoms with Gasteiger partial charge in [-0.2, -0.15) is 0 Å². The van der Waals surface area contributed by atoms with Gasteiger partial charge in [0.05, 0.1) is 4.88 Å². The van der Waals surface area contributed by atoms with Crippen LogP contribution in [-0.2, 0) is 4.79 Å². The average Bonchev–Trinajstić information content (AvgIpc) is 2.96. The molecule has 4 nitrogen and oxygen atoms in total. The van der Waals surface area contributed by atoms with E-state index in [1.165, 1.54) is 30.3 Å². The first-order valence-electron chi connectivity index (χ1n) is 5.96. The van der Waals surface area contributed by atoms with Crippen LogP contribution in [0.1, 0.15) is 40.9 Å². The van der Waals surface area contributed by atoms with Crippen LogP contribution in [0.3, 0.4) is 0 Å². The highest BCUT2D eigenvalue weighted by molar-refractivity contribution is 7.12. The van der Waals surface area contributed by atoms with Crippen molar-refractivity contribution in [3.63, 3.8) is 0 Å². The molecule has 1 aliphatic rings. The zero-order valence-corrected chi connectivity index (χ0v) is 10.7. The number of thiophene rings is 1. The third-order valence-corrected chi connectivity index (χ3v) is 3.93. The molecule has 5 heteroatoms. The maximum absolute atomic E-state index is 12.0. The first-order chi connectivity index (χ1) is 8.66. The Morgan fingerprint density at radius 1 is 1.39 bits per heavy atom. The van der Waals surface area contributed by atoms with Crippen LogP contribution in [0.15, 0.2) is 17.5 Å². The topological polar surface area (TPSA) is 66.4 Å². The van der Waals surface area contributed by atoms with Gasteiger partial charge in [0.25, 0.3) is 5.91 Å². The Kier molecular flexibility index (Phi) is 4.15. The van der Waals surface area contributed by atoms with Gasteiger partial charge in [0.2, 0.25) is 0 Å². The van der Waals surface area contributed by atoms with E-state index in [2.05, 4.69) is 5.32 Å². The van der Waals surface area contributed by atoms with Crippen molar-refractivity contribution in [3.8, 4) is 0 Å². The molecule has 18 heavy (non-hydrogen) atoms. The van der Waals surface area contributed by atoms with Crippen molar-refractivity contribution in [2.24, 2.45) is 0 Å². The van der Waals surface area contributed by atoms with Gasteiger partial charge < -0.3 is 10.4 Å². The molecule has 0 spiro atoms. The van der Waals surface area contributed by atoms with Crippen LogP contribution in [-0.4, -0.2) is 23.0 Å². The highest BCUT2D eigenvalue weighted by Crippen LogP contribution is 2.21. The van der Waals surface area contributed by atoms with Gasteiger partial charge in [0, 0.05) is 12.1 Å². The van der Waals surface area contributed by atoms with Crippen molar-refractivity contribution >= 4 is 29.3 Å². The summed E-state index contributed by atoms with van der Waals surface area (Å²) in [7, 11) is 0. The number of carboxylic acids is 1. The zero-order chi connectivity index (χ0) is 13.0. The van der Waals surface area contributed by atoms with Crippen molar-refractivity contribution < 1.29 is 14.7 Å². The molecule has 0 bridgehead atoms. The number of carbonyl (C=O) groups excluding carboxylic acids is 1. The number of amides is 1. The molecule has 1 aromatic rings. The molecule has 1 fully saturated rings. The predicted octanol–water partition coefficient (Wildman–Crippen LogP) is 2.52. The van der Waals surface area contributed by atoms with Gasteiger partial charge in [-0.15, -0.1) is 11.3 Å². The summed E-state index contributed by atoms with van der Waals surface area (Å²) in [5.41, 5.74) is 0.665. The number of aliphatic carboxylic acids is 1. The number of carbonyl (C=O) groups is 2. The summed E-state index contributed by atoms with van der Waals surface area (Å²) in [6.45, 7) is 0. The van der Waals surface area contributed by atoms with Gasteiger partial charge in [-0.3, -0.25) is 4.79 Å². The standard InChI is InChI=1S/C13H15NO3S/c15-11(16)6-5-9-7-8-18-12(9)13(17)14-10-3-1-2-4-10/h5-8,10H,1-4H2,(H,14,17)(H,15,16)/b6-5+. The Balaban J connectivity index is 2.05. The SMILES string of the molecule is O=C(O)/C=C/c1ccsc1C(=O)NC1CCCC1. The second-order valence-electron chi connectivity index (χ2n) is 4.33. The van der Waals surface area contributed by atoms with Crippen molar-refractivity contribution in [1.29, 1.82) is 0 Å². The second kappa shape index (κ2) is 5.82. The summed E-state index contributed by atoms with van der Waals surface area (Å²) in [4.78, 5) is 23.1. The molecule has 1 saturated carbocycles. The van der Waals surface area contributed by atoms with Crippen LogP contribution in [0.4, 0.5) is 0 Å². The van der Waals surface area contributed by atoms with E-state index in [0.29, 0.717) is 10.4 Å². The lowest BCUT2D eigenvalue weighted by Gasteiger charge is -2.11. The Labute approximate surface area is 109 Å². The largest absolute Gasteiger partial charge is 0.478 e. The summed E-state index contributed by atoms with van der Waals surface area (Å²) < 4.78 is 0. The monoisotopic (exact) mass is 265 g/mol. The first-order valence-corrected chi connectivity index (χ1v) is 6.84. The number of carboxylic acid groups (broad SMARTS) is 1. The zero-order valence-electron chi connectivity index (χ0n) is 9.89.